The molecule has 0 saturated heterocycles. The number of nitrogens with zero attached hydrogens (tertiary/aromatic N) is 2. The van der Waals surface area contributed by atoms with Crippen LogP contribution in [0.5, 0.6) is 5.88 Å². The van der Waals surface area contributed by atoms with Crippen LogP contribution in [-0.2, 0) is 6.42 Å². The third-order valence-electron chi connectivity index (χ3n) is 2.45. The van der Waals surface area contributed by atoms with E-state index in [1.54, 1.807) is 0 Å². The maximum Gasteiger partial charge on any atom is 0.221 e. The average Bonchev–Trinajstić information content (AvgIpc) is 2.35. The van der Waals surface area contributed by atoms with Crippen molar-refractivity contribution in [3.05, 3.63) is 11.4 Å². The lowest BCUT2D eigenvalue weighted by atomic mass is 10.2. The molecular weight excluding hydrogens is 226 g/mol. The molecule has 1 aromatic rings. The van der Waals surface area contributed by atoms with Crippen molar-refractivity contribution < 1.29 is 4.74 Å². The number of rotatable bonds is 7. The molecule has 0 fully saturated rings. The lowest BCUT2D eigenvalue weighted by Crippen LogP contribution is -2.09. The predicted octanol–water partition coefficient (Wildman–Crippen LogP) is 2.57. The lowest BCUT2D eigenvalue weighted by molar-refractivity contribution is 0.310. The summed E-state index contributed by atoms with van der Waals surface area (Å²) in [5.41, 5.74) is 0.939. The van der Waals surface area contributed by atoms with Crippen molar-refractivity contribution in [3.8, 4) is 18.2 Å². The number of anilines is 1. The summed E-state index contributed by atoms with van der Waals surface area (Å²) in [6.07, 6.45) is 7.66. The van der Waals surface area contributed by atoms with E-state index in [0.29, 0.717) is 18.9 Å². The van der Waals surface area contributed by atoms with Gasteiger partial charge in [-0.25, -0.2) is 4.98 Å². The number of aryl methyl sites for hydroxylation is 1. The van der Waals surface area contributed by atoms with E-state index in [1.165, 1.54) is 0 Å². The van der Waals surface area contributed by atoms with Gasteiger partial charge >= 0.3 is 0 Å². The predicted molar refractivity (Wildman–Crippen MR) is 73.9 cm³/mol. The number of hydrogen-bond acceptors (Lipinski definition) is 4. The largest absolute Gasteiger partial charge is 0.476 e. The highest BCUT2D eigenvalue weighted by atomic mass is 16.5. The van der Waals surface area contributed by atoms with Crippen LogP contribution in [0.2, 0.25) is 0 Å². The van der Waals surface area contributed by atoms with Gasteiger partial charge in [-0.2, -0.15) is 4.98 Å². The summed E-state index contributed by atoms with van der Waals surface area (Å²) in [5.74, 6) is 4.86. The Morgan fingerprint density at radius 1 is 1.33 bits per heavy atom. The second-order valence-corrected chi connectivity index (χ2v) is 4.00. The lowest BCUT2D eigenvalue weighted by Gasteiger charge is -2.13. The number of ether oxygens (including phenoxy) is 1. The van der Waals surface area contributed by atoms with E-state index < -0.39 is 0 Å². The summed E-state index contributed by atoms with van der Waals surface area (Å²) in [5, 5.41) is 3.23. The molecule has 0 amide bonds. The zero-order valence-corrected chi connectivity index (χ0v) is 11.4. The summed E-state index contributed by atoms with van der Waals surface area (Å²) in [4.78, 5) is 8.93. The molecule has 0 atom stereocenters. The molecule has 1 aromatic heterocycles. The van der Waals surface area contributed by atoms with Crippen LogP contribution in [0.15, 0.2) is 0 Å². The van der Waals surface area contributed by atoms with E-state index in [1.807, 2.05) is 13.8 Å². The summed E-state index contributed by atoms with van der Waals surface area (Å²) in [6, 6.07) is 0. The van der Waals surface area contributed by atoms with Crippen LogP contribution in [0.25, 0.3) is 0 Å². The van der Waals surface area contributed by atoms with Crippen LogP contribution in [-0.4, -0.2) is 23.1 Å². The smallest absolute Gasteiger partial charge is 0.221 e. The van der Waals surface area contributed by atoms with Crippen molar-refractivity contribution >= 4 is 5.82 Å². The molecule has 1 heterocycles. The van der Waals surface area contributed by atoms with E-state index >= 15 is 0 Å². The first-order valence-corrected chi connectivity index (χ1v) is 6.40. The van der Waals surface area contributed by atoms with Crippen molar-refractivity contribution in [2.24, 2.45) is 0 Å². The molecule has 4 nitrogen and oxygen atoms in total. The summed E-state index contributed by atoms with van der Waals surface area (Å²) in [6.45, 7) is 7.42. The van der Waals surface area contributed by atoms with Gasteiger partial charge in [-0.3, -0.25) is 0 Å². The highest BCUT2D eigenvalue weighted by Gasteiger charge is 2.11. The molecule has 1 rings (SSSR count). The fourth-order valence-electron chi connectivity index (χ4n) is 1.56. The monoisotopic (exact) mass is 247 g/mol. The van der Waals surface area contributed by atoms with Gasteiger partial charge in [0.1, 0.15) is 18.2 Å². The Bertz CT molecular complexity index is 424. The van der Waals surface area contributed by atoms with Gasteiger partial charge in [0.05, 0.1) is 5.56 Å². The van der Waals surface area contributed by atoms with Gasteiger partial charge in [0.15, 0.2) is 0 Å². The molecule has 0 spiro atoms. The third-order valence-corrected chi connectivity index (χ3v) is 2.45. The van der Waals surface area contributed by atoms with Gasteiger partial charge in [0.2, 0.25) is 5.88 Å². The van der Waals surface area contributed by atoms with E-state index in [9.17, 15) is 0 Å². The van der Waals surface area contributed by atoms with Gasteiger partial charge in [-0.1, -0.05) is 6.92 Å². The Balaban J connectivity index is 2.94. The van der Waals surface area contributed by atoms with Crippen molar-refractivity contribution in [3.63, 3.8) is 0 Å². The Morgan fingerprint density at radius 2 is 2.11 bits per heavy atom. The maximum atomic E-state index is 5.62. The standard InChI is InChI=1S/C14H21N3O/c1-5-8-10-18-14-11(4)13(15-7-3)16-12(17-14)9-6-2/h1H,6-10H2,2-4H3,(H,15,16,17). The fourth-order valence-corrected chi connectivity index (χ4v) is 1.56. The Morgan fingerprint density at radius 3 is 2.72 bits per heavy atom. The van der Waals surface area contributed by atoms with E-state index in [-0.39, 0.29) is 0 Å². The molecule has 0 aliphatic heterocycles. The normalized spacial score (nSPS) is 9.89. The Kier molecular flexibility index (Phi) is 5.99. The van der Waals surface area contributed by atoms with Crippen LogP contribution in [0.4, 0.5) is 5.82 Å². The number of terminal acetylenes is 1. The molecule has 18 heavy (non-hydrogen) atoms. The zero-order valence-electron chi connectivity index (χ0n) is 11.4. The second-order valence-electron chi connectivity index (χ2n) is 4.00. The Hall–Kier alpha value is -1.76. The highest BCUT2D eigenvalue weighted by Crippen LogP contribution is 2.22. The molecule has 1 N–H and O–H groups in total. The third kappa shape index (κ3) is 3.92. The first-order valence-electron chi connectivity index (χ1n) is 6.40. The van der Waals surface area contributed by atoms with Gasteiger partial charge in [-0.15, -0.1) is 12.3 Å². The topological polar surface area (TPSA) is 47.0 Å². The van der Waals surface area contributed by atoms with Crippen LogP contribution < -0.4 is 10.1 Å². The van der Waals surface area contributed by atoms with Crippen LogP contribution in [0.1, 0.15) is 38.1 Å². The summed E-state index contributed by atoms with van der Waals surface area (Å²) in [7, 11) is 0. The molecule has 0 bridgehead atoms. The Labute approximate surface area is 109 Å². The average molecular weight is 247 g/mol. The summed E-state index contributed by atoms with van der Waals surface area (Å²) >= 11 is 0. The SMILES string of the molecule is C#CCCOc1nc(CCC)nc(NCC)c1C. The minimum Gasteiger partial charge on any atom is -0.476 e. The maximum absolute atomic E-state index is 5.62. The van der Waals surface area contributed by atoms with E-state index in [0.717, 1.165) is 36.6 Å². The molecule has 0 unspecified atom stereocenters. The minimum absolute atomic E-state index is 0.492. The van der Waals surface area contributed by atoms with Crippen molar-refractivity contribution in [1.29, 1.82) is 0 Å². The first-order chi connectivity index (χ1) is 8.72. The van der Waals surface area contributed by atoms with Crippen LogP contribution in [0.3, 0.4) is 0 Å². The zero-order chi connectivity index (χ0) is 13.4. The molecule has 0 radical (unpaired) electrons. The van der Waals surface area contributed by atoms with Gasteiger partial charge < -0.3 is 10.1 Å². The molecule has 98 valence electrons. The molecule has 0 aliphatic carbocycles. The van der Waals surface area contributed by atoms with Gasteiger partial charge in [0, 0.05) is 19.4 Å². The number of nitrogens with one attached hydrogen (secondary N) is 1. The minimum atomic E-state index is 0.492. The van der Waals surface area contributed by atoms with Crippen molar-refractivity contribution in [2.45, 2.75) is 40.0 Å². The van der Waals surface area contributed by atoms with Crippen LogP contribution >= 0.6 is 0 Å². The van der Waals surface area contributed by atoms with E-state index in [4.69, 9.17) is 11.2 Å². The van der Waals surface area contributed by atoms with Gasteiger partial charge in [0.25, 0.3) is 0 Å². The first kappa shape index (κ1) is 14.3. The molecular formula is C14H21N3O. The second kappa shape index (κ2) is 7.54. The van der Waals surface area contributed by atoms with Gasteiger partial charge in [-0.05, 0) is 20.3 Å². The van der Waals surface area contributed by atoms with E-state index in [2.05, 4.69) is 28.1 Å². The van der Waals surface area contributed by atoms with Crippen LogP contribution in [0, 0.1) is 19.3 Å². The molecule has 0 saturated carbocycles. The van der Waals surface area contributed by atoms with Crippen molar-refractivity contribution in [1.82, 2.24) is 9.97 Å². The number of hydrogen-bond donors (Lipinski definition) is 1. The number of aromatic nitrogens is 2. The van der Waals surface area contributed by atoms with Crippen molar-refractivity contribution in [2.75, 3.05) is 18.5 Å². The fraction of sp³-hybridized carbons (Fsp3) is 0.571. The quantitative estimate of drug-likeness (QED) is 0.594. The molecule has 0 aliphatic rings. The molecule has 4 heteroatoms. The summed E-state index contributed by atoms with van der Waals surface area (Å²) < 4.78 is 5.62. The molecule has 0 aromatic carbocycles. The highest BCUT2D eigenvalue weighted by molar-refractivity contribution is 5.48.